The first kappa shape index (κ1) is 21.4. The van der Waals surface area contributed by atoms with Crippen LogP contribution in [0.5, 0.6) is 0 Å². The summed E-state index contributed by atoms with van der Waals surface area (Å²) < 4.78 is 13.5. The maximum Gasteiger partial charge on any atom is 0.237 e. The molecule has 4 aromatic rings. The van der Waals surface area contributed by atoms with Gasteiger partial charge in [-0.2, -0.15) is 4.98 Å². The van der Waals surface area contributed by atoms with Crippen LogP contribution in [0.3, 0.4) is 0 Å². The number of thioether (sulfide) groups is 1. The van der Waals surface area contributed by atoms with Gasteiger partial charge in [0.05, 0.1) is 23.3 Å². The Morgan fingerprint density at radius 2 is 2.06 bits per heavy atom. The molecule has 0 bridgehead atoms. The molecule has 0 radical (unpaired) electrons. The number of benzene rings is 1. The smallest absolute Gasteiger partial charge is 0.237 e. The van der Waals surface area contributed by atoms with Crippen LogP contribution in [0.15, 0.2) is 51.5 Å². The van der Waals surface area contributed by atoms with E-state index in [4.69, 9.17) is 9.26 Å². The summed E-state index contributed by atoms with van der Waals surface area (Å²) in [6.07, 6.45) is 2.37. The molecule has 1 saturated heterocycles. The highest BCUT2D eigenvalue weighted by Crippen LogP contribution is 2.30. The summed E-state index contributed by atoms with van der Waals surface area (Å²) in [7, 11) is 0. The second-order valence-corrected chi connectivity index (χ2v) is 10.00. The lowest BCUT2D eigenvalue weighted by atomic mass is 10.0. The van der Waals surface area contributed by atoms with Crippen LogP contribution in [0.1, 0.15) is 44.1 Å². The van der Waals surface area contributed by atoms with Crippen LogP contribution >= 0.6 is 23.1 Å². The van der Waals surface area contributed by atoms with Crippen molar-refractivity contribution in [2.45, 2.75) is 56.2 Å². The van der Waals surface area contributed by atoms with Crippen LogP contribution in [-0.2, 0) is 17.0 Å². The van der Waals surface area contributed by atoms with E-state index >= 15 is 0 Å². The van der Waals surface area contributed by atoms with Crippen molar-refractivity contribution in [3.63, 3.8) is 0 Å². The van der Waals surface area contributed by atoms with Gasteiger partial charge in [-0.1, -0.05) is 61.1 Å². The zero-order valence-electron chi connectivity index (χ0n) is 18.1. The van der Waals surface area contributed by atoms with Gasteiger partial charge in [0.15, 0.2) is 11.0 Å². The van der Waals surface area contributed by atoms with Crippen LogP contribution in [-0.4, -0.2) is 37.6 Å². The molecule has 166 valence electrons. The minimum absolute atomic E-state index is 0.202. The molecule has 1 aliphatic rings. The van der Waals surface area contributed by atoms with Crippen LogP contribution in [0.25, 0.3) is 22.1 Å². The summed E-state index contributed by atoms with van der Waals surface area (Å²) in [6.45, 7) is 5.94. The molecule has 0 saturated carbocycles. The average Bonchev–Trinajstić information content (AvgIpc) is 3.60. The molecule has 0 amide bonds. The SMILES string of the molecule is CC(C)c1ccc(-c2noc(CSc3nnc(-c4cccs4)n3CC3CCCO3)n2)cc1. The number of nitrogens with zero attached hydrogens (tertiary/aromatic N) is 5. The summed E-state index contributed by atoms with van der Waals surface area (Å²) in [5.41, 5.74) is 2.25. The first-order valence-corrected chi connectivity index (χ1v) is 12.7. The number of ether oxygens (including phenoxy) is 1. The fraction of sp³-hybridized carbons (Fsp3) is 0.391. The lowest BCUT2D eigenvalue weighted by Crippen LogP contribution is -2.16. The number of hydrogen-bond acceptors (Lipinski definition) is 8. The quantitative estimate of drug-likeness (QED) is 0.310. The molecule has 0 aliphatic carbocycles. The third kappa shape index (κ3) is 4.65. The van der Waals surface area contributed by atoms with E-state index in [0.717, 1.165) is 47.4 Å². The van der Waals surface area contributed by atoms with E-state index in [1.54, 1.807) is 23.1 Å². The Labute approximate surface area is 195 Å². The number of rotatable bonds is 8. The molecule has 3 aromatic heterocycles. The normalized spacial score (nSPS) is 16.3. The molecule has 32 heavy (non-hydrogen) atoms. The van der Waals surface area contributed by atoms with Crippen molar-refractivity contribution in [3.05, 3.63) is 53.2 Å². The van der Waals surface area contributed by atoms with Gasteiger partial charge in [-0.05, 0) is 35.8 Å². The second-order valence-electron chi connectivity index (χ2n) is 8.11. The minimum Gasteiger partial charge on any atom is -0.376 e. The van der Waals surface area contributed by atoms with Crippen LogP contribution in [0.2, 0.25) is 0 Å². The third-order valence-electron chi connectivity index (χ3n) is 5.50. The van der Waals surface area contributed by atoms with E-state index in [-0.39, 0.29) is 6.10 Å². The van der Waals surface area contributed by atoms with Gasteiger partial charge < -0.3 is 9.26 Å². The summed E-state index contributed by atoms with van der Waals surface area (Å²) in [5.74, 6) is 3.09. The van der Waals surface area contributed by atoms with Gasteiger partial charge >= 0.3 is 0 Å². The Morgan fingerprint density at radius 1 is 1.19 bits per heavy atom. The molecule has 0 spiro atoms. The van der Waals surface area contributed by atoms with Gasteiger partial charge in [-0.3, -0.25) is 4.57 Å². The number of aromatic nitrogens is 5. The standard InChI is InChI=1S/C23H25N5O2S2/c1-15(2)16-7-9-17(10-8-16)21-24-20(30-27-21)14-32-23-26-25-22(19-6-4-12-31-19)28(23)13-18-5-3-11-29-18/h4,6-10,12,15,18H,3,5,11,13-14H2,1-2H3. The van der Waals surface area contributed by atoms with Crippen molar-refractivity contribution in [3.8, 4) is 22.1 Å². The molecule has 1 fully saturated rings. The minimum atomic E-state index is 0.202. The zero-order valence-corrected chi connectivity index (χ0v) is 19.7. The predicted octanol–water partition coefficient (Wildman–Crippen LogP) is 5.65. The lowest BCUT2D eigenvalue weighted by molar-refractivity contribution is 0.0953. The molecule has 0 N–H and O–H groups in total. The maximum absolute atomic E-state index is 5.87. The van der Waals surface area contributed by atoms with E-state index in [1.165, 1.54) is 5.56 Å². The van der Waals surface area contributed by atoms with Gasteiger partial charge in [0.25, 0.3) is 0 Å². The van der Waals surface area contributed by atoms with Crippen LogP contribution in [0.4, 0.5) is 0 Å². The van der Waals surface area contributed by atoms with Crippen LogP contribution in [0, 0.1) is 0 Å². The average molecular weight is 468 g/mol. The van der Waals surface area contributed by atoms with Gasteiger partial charge in [-0.25, -0.2) is 0 Å². The summed E-state index contributed by atoms with van der Waals surface area (Å²) in [5, 5.41) is 16.0. The molecule has 7 nitrogen and oxygen atoms in total. The van der Waals surface area contributed by atoms with Crippen molar-refractivity contribution < 1.29 is 9.26 Å². The van der Waals surface area contributed by atoms with Crippen molar-refractivity contribution in [2.24, 2.45) is 0 Å². The molecular formula is C23H25N5O2S2. The summed E-state index contributed by atoms with van der Waals surface area (Å²) in [4.78, 5) is 5.68. The monoisotopic (exact) mass is 467 g/mol. The Balaban J connectivity index is 1.31. The van der Waals surface area contributed by atoms with Crippen molar-refractivity contribution >= 4 is 23.1 Å². The molecule has 1 aromatic carbocycles. The van der Waals surface area contributed by atoms with E-state index in [1.807, 2.05) is 18.2 Å². The molecule has 1 aliphatic heterocycles. The first-order valence-electron chi connectivity index (χ1n) is 10.8. The zero-order chi connectivity index (χ0) is 21.9. The highest BCUT2D eigenvalue weighted by atomic mass is 32.2. The summed E-state index contributed by atoms with van der Waals surface area (Å²) in [6, 6.07) is 12.4. The Morgan fingerprint density at radius 3 is 2.78 bits per heavy atom. The second kappa shape index (κ2) is 9.56. The topological polar surface area (TPSA) is 78.9 Å². The number of thiophene rings is 1. The first-order chi connectivity index (χ1) is 15.7. The van der Waals surface area contributed by atoms with E-state index in [9.17, 15) is 0 Å². The highest BCUT2D eigenvalue weighted by Gasteiger charge is 2.22. The number of hydrogen-bond donors (Lipinski definition) is 0. The van der Waals surface area contributed by atoms with Gasteiger partial charge in [0.2, 0.25) is 11.7 Å². The van der Waals surface area contributed by atoms with E-state index in [2.05, 4.69) is 62.3 Å². The van der Waals surface area contributed by atoms with Crippen molar-refractivity contribution in [1.29, 1.82) is 0 Å². The molecule has 1 atom stereocenters. The van der Waals surface area contributed by atoms with Gasteiger partial charge in [0, 0.05) is 12.2 Å². The summed E-state index contributed by atoms with van der Waals surface area (Å²) >= 11 is 3.22. The van der Waals surface area contributed by atoms with Crippen molar-refractivity contribution in [2.75, 3.05) is 6.61 Å². The maximum atomic E-state index is 5.87. The van der Waals surface area contributed by atoms with E-state index < -0.39 is 0 Å². The Hall–Kier alpha value is -2.49. The van der Waals surface area contributed by atoms with E-state index in [0.29, 0.717) is 23.4 Å². The highest BCUT2D eigenvalue weighted by molar-refractivity contribution is 7.98. The molecule has 9 heteroatoms. The Kier molecular flexibility index (Phi) is 6.38. The molecule has 1 unspecified atom stereocenters. The molecule has 5 rings (SSSR count). The third-order valence-corrected chi connectivity index (χ3v) is 7.31. The fourth-order valence-corrected chi connectivity index (χ4v) is 5.22. The van der Waals surface area contributed by atoms with Crippen LogP contribution < -0.4 is 0 Å². The Bertz CT molecular complexity index is 1150. The van der Waals surface area contributed by atoms with Gasteiger partial charge in [-0.15, -0.1) is 21.5 Å². The molecule has 4 heterocycles. The fourth-order valence-electron chi connectivity index (χ4n) is 3.71. The lowest BCUT2D eigenvalue weighted by Gasteiger charge is -2.13. The molecular weight excluding hydrogens is 442 g/mol. The van der Waals surface area contributed by atoms with Crippen molar-refractivity contribution in [1.82, 2.24) is 24.9 Å². The predicted molar refractivity (Wildman–Crippen MR) is 126 cm³/mol. The largest absolute Gasteiger partial charge is 0.376 e. The van der Waals surface area contributed by atoms with Gasteiger partial charge in [0.1, 0.15) is 0 Å².